The number of ether oxygens (including phenoxy) is 1. The maximum Gasteiger partial charge on any atom is 0.325 e. The summed E-state index contributed by atoms with van der Waals surface area (Å²) in [7, 11) is 1.29. The molecule has 1 amide bonds. The van der Waals surface area contributed by atoms with E-state index in [4.69, 9.17) is 16.3 Å². The number of amides is 1. The van der Waals surface area contributed by atoms with Crippen LogP contribution in [0.15, 0.2) is 53.5 Å². The van der Waals surface area contributed by atoms with Gasteiger partial charge in [0.25, 0.3) is 5.91 Å². The highest BCUT2D eigenvalue weighted by Gasteiger charge is 2.31. The number of carbonyl (C=O) groups excluding carboxylic acids is 2. The monoisotopic (exact) mass is 356 g/mol. The second-order valence-corrected chi connectivity index (χ2v) is 6.12. The molecule has 25 heavy (non-hydrogen) atoms. The Balaban J connectivity index is 2.20. The van der Waals surface area contributed by atoms with Crippen LogP contribution in [0.2, 0.25) is 5.02 Å². The van der Waals surface area contributed by atoms with Crippen molar-refractivity contribution < 1.29 is 14.3 Å². The smallest absolute Gasteiger partial charge is 0.325 e. The summed E-state index contributed by atoms with van der Waals surface area (Å²) in [5, 5.41) is 0.530. The van der Waals surface area contributed by atoms with Gasteiger partial charge in [0.1, 0.15) is 12.6 Å². The van der Waals surface area contributed by atoms with Gasteiger partial charge in [-0.15, -0.1) is 0 Å². The van der Waals surface area contributed by atoms with Crippen molar-refractivity contribution in [3.8, 4) is 0 Å². The Morgan fingerprint density at radius 1 is 1.24 bits per heavy atom. The van der Waals surface area contributed by atoms with Gasteiger partial charge in [-0.1, -0.05) is 41.9 Å². The number of benzodiazepines with no additional fused rings is 1. The van der Waals surface area contributed by atoms with E-state index in [0.29, 0.717) is 22.0 Å². The number of benzene rings is 2. The van der Waals surface area contributed by atoms with Gasteiger partial charge >= 0.3 is 5.97 Å². The van der Waals surface area contributed by atoms with E-state index in [2.05, 4.69) is 4.99 Å². The quantitative estimate of drug-likeness (QED) is 0.794. The van der Waals surface area contributed by atoms with Crippen LogP contribution in [-0.2, 0) is 14.3 Å². The fourth-order valence-electron chi connectivity index (χ4n) is 2.78. The van der Waals surface area contributed by atoms with Crippen LogP contribution in [0.4, 0.5) is 5.69 Å². The summed E-state index contributed by atoms with van der Waals surface area (Å²) in [5.74, 6) is -0.760. The Bertz CT molecular complexity index is 849. The average Bonchev–Trinajstić information content (AvgIpc) is 2.72. The summed E-state index contributed by atoms with van der Waals surface area (Å²) < 4.78 is 4.73. The van der Waals surface area contributed by atoms with Crippen molar-refractivity contribution in [3.63, 3.8) is 0 Å². The van der Waals surface area contributed by atoms with E-state index >= 15 is 0 Å². The summed E-state index contributed by atoms with van der Waals surface area (Å²) in [6.07, 6.45) is 0. The number of methoxy groups -OCH3 is 1. The molecule has 1 heterocycles. The van der Waals surface area contributed by atoms with Crippen molar-refractivity contribution >= 4 is 34.9 Å². The predicted octanol–water partition coefficient (Wildman–Crippen LogP) is 3.09. The minimum absolute atomic E-state index is 0.175. The Morgan fingerprint density at radius 3 is 2.64 bits per heavy atom. The molecule has 1 aliphatic rings. The Labute approximate surface area is 150 Å². The van der Waals surface area contributed by atoms with E-state index in [9.17, 15) is 9.59 Å². The van der Waals surface area contributed by atoms with Crippen LogP contribution in [0, 0.1) is 0 Å². The second kappa shape index (κ2) is 7.07. The third kappa shape index (κ3) is 3.42. The van der Waals surface area contributed by atoms with Gasteiger partial charge in [-0.3, -0.25) is 19.5 Å². The second-order valence-electron chi connectivity index (χ2n) is 5.68. The largest absolute Gasteiger partial charge is 0.468 e. The molecule has 0 radical (unpaired) electrons. The van der Waals surface area contributed by atoms with Gasteiger partial charge in [-0.2, -0.15) is 0 Å². The molecule has 2 aromatic rings. The molecule has 3 rings (SSSR count). The molecule has 0 saturated carbocycles. The maximum absolute atomic E-state index is 12.8. The van der Waals surface area contributed by atoms with E-state index in [-0.39, 0.29) is 12.5 Å². The Morgan fingerprint density at radius 2 is 1.96 bits per heavy atom. The lowest BCUT2D eigenvalue weighted by Gasteiger charge is -2.23. The lowest BCUT2D eigenvalue weighted by atomic mass is 10.00. The summed E-state index contributed by atoms with van der Waals surface area (Å²) >= 11 is 6.19. The van der Waals surface area contributed by atoms with Gasteiger partial charge in [0, 0.05) is 16.1 Å². The highest BCUT2D eigenvalue weighted by atomic mass is 35.5. The number of anilines is 1. The van der Waals surface area contributed by atoms with Gasteiger partial charge < -0.3 is 4.74 Å². The fraction of sp³-hybridized carbons (Fsp3) is 0.211. The van der Waals surface area contributed by atoms with Crippen LogP contribution in [0.5, 0.6) is 0 Å². The van der Waals surface area contributed by atoms with Crippen molar-refractivity contribution in [2.75, 3.05) is 18.6 Å². The number of rotatable bonds is 3. The molecular formula is C19H17ClN2O3. The van der Waals surface area contributed by atoms with Gasteiger partial charge in [0.15, 0.2) is 0 Å². The van der Waals surface area contributed by atoms with Crippen LogP contribution in [-0.4, -0.2) is 37.3 Å². The molecule has 0 aliphatic carbocycles. The fourth-order valence-corrected chi connectivity index (χ4v) is 2.95. The van der Waals surface area contributed by atoms with Gasteiger partial charge in [-0.25, -0.2) is 0 Å². The number of hydrogen-bond donors (Lipinski definition) is 0. The van der Waals surface area contributed by atoms with Crippen LogP contribution in [0.1, 0.15) is 18.1 Å². The molecule has 0 unspecified atom stereocenters. The first-order valence-electron chi connectivity index (χ1n) is 7.82. The van der Waals surface area contributed by atoms with E-state index in [1.54, 1.807) is 25.1 Å². The first kappa shape index (κ1) is 17.2. The number of fused-ring (bicyclic) bond motifs is 1. The minimum atomic E-state index is -0.633. The molecule has 0 fully saturated rings. The summed E-state index contributed by atoms with van der Waals surface area (Å²) in [6, 6.07) is 14.1. The van der Waals surface area contributed by atoms with Crippen molar-refractivity contribution in [1.29, 1.82) is 0 Å². The third-order valence-electron chi connectivity index (χ3n) is 4.01. The van der Waals surface area contributed by atoms with E-state index in [0.717, 1.165) is 5.56 Å². The molecule has 5 nitrogen and oxygen atoms in total. The standard InChI is InChI=1S/C19H17ClN2O3/c1-12-19(24)22(11-17(23)25-2)16-9-8-14(20)10-15(16)18(21-12)13-6-4-3-5-7-13/h3-10,12H,11H2,1-2H3/t12-/m0/s1. The molecule has 6 heteroatoms. The number of halogens is 1. The zero-order chi connectivity index (χ0) is 18.0. The predicted molar refractivity (Wildman–Crippen MR) is 97.4 cm³/mol. The molecule has 2 aromatic carbocycles. The van der Waals surface area contributed by atoms with Gasteiger partial charge in [-0.05, 0) is 25.1 Å². The molecule has 1 atom stereocenters. The highest BCUT2D eigenvalue weighted by molar-refractivity contribution is 6.32. The SMILES string of the molecule is COC(=O)CN1C(=O)[C@H](C)N=C(c2ccccc2)c2cc(Cl)ccc21. The van der Waals surface area contributed by atoms with E-state index in [1.165, 1.54) is 12.0 Å². The van der Waals surface area contributed by atoms with Crippen LogP contribution in [0.25, 0.3) is 0 Å². The lowest BCUT2D eigenvalue weighted by Crippen LogP contribution is -2.40. The molecule has 128 valence electrons. The zero-order valence-corrected chi connectivity index (χ0v) is 14.7. The molecule has 0 bridgehead atoms. The number of carbonyl (C=O) groups is 2. The number of nitrogens with zero attached hydrogens (tertiary/aromatic N) is 2. The van der Waals surface area contributed by atoms with Crippen molar-refractivity contribution in [1.82, 2.24) is 0 Å². The van der Waals surface area contributed by atoms with Crippen LogP contribution in [0.3, 0.4) is 0 Å². The summed E-state index contributed by atoms with van der Waals surface area (Å²) in [5.41, 5.74) is 2.85. The molecular weight excluding hydrogens is 340 g/mol. The van der Waals surface area contributed by atoms with Crippen molar-refractivity contribution in [2.45, 2.75) is 13.0 Å². The Kier molecular flexibility index (Phi) is 4.86. The van der Waals surface area contributed by atoms with E-state index < -0.39 is 12.0 Å². The first-order valence-corrected chi connectivity index (χ1v) is 8.20. The molecule has 0 saturated heterocycles. The van der Waals surface area contributed by atoms with Crippen LogP contribution < -0.4 is 4.90 Å². The summed E-state index contributed by atoms with van der Waals surface area (Å²) in [6.45, 7) is 1.54. The average molecular weight is 357 g/mol. The van der Waals surface area contributed by atoms with Gasteiger partial charge in [0.05, 0.1) is 18.5 Å². The third-order valence-corrected chi connectivity index (χ3v) is 4.25. The minimum Gasteiger partial charge on any atom is -0.468 e. The van der Waals surface area contributed by atoms with Gasteiger partial charge in [0.2, 0.25) is 0 Å². The number of esters is 1. The Hall–Kier alpha value is -2.66. The molecule has 1 aliphatic heterocycles. The highest BCUT2D eigenvalue weighted by Crippen LogP contribution is 2.30. The topological polar surface area (TPSA) is 59.0 Å². The maximum atomic E-state index is 12.8. The lowest BCUT2D eigenvalue weighted by molar-refractivity contribution is -0.140. The number of aliphatic imine (C=N–C) groups is 1. The molecule has 0 N–H and O–H groups in total. The molecule has 0 spiro atoms. The van der Waals surface area contributed by atoms with Crippen molar-refractivity contribution in [2.24, 2.45) is 4.99 Å². The number of hydrogen-bond acceptors (Lipinski definition) is 4. The zero-order valence-electron chi connectivity index (χ0n) is 13.9. The normalized spacial score (nSPS) is 16.8. The molecule has 0 aromatic heterocycles. The van der Waals surface area contributed by atoms with Crippen LogP contribution >= 0.6 is 11.6 Å². The first-order chi connectivity index (χ1) is 12.0. The summed E-state index contributed by atoms with van der Waals surface area (Å²) in [4.78, 5) is 30.6. The van der Waals surface area contributed by atoms with E-state index in [1.807, 2.05) is 30.3 Å². The van der Waals surface area contributed by atoms with Crippen molar-refractivity contribution in [3.05, 3.63) is 64.7 Å².